The molecule has 0 aliphatic carbocycles. The maximum atomic E-state index is 11.7. The first-order valence-electron chi connectivity index (χ1n) is 5.74. The van der Waals surface area contributed by atoms with Crippen LogP contribution in [0.25, 0.3) is 0 Å². The van der Waals surface area contributed by atoms with Crippen LogP contribution in [0, 0.1) is 0 Å². The van der Waals surface area contributed by atoms with E-state index in [9.17, 15) is 9.59 Å². The fourth-order valence-electron chi connectivity index (χ4n) is 1.39. The van der Waals surface area contributed by atoms with Crippen molar-refractivity contribution in [1.82, 2.24) is 10.2 Å². The number of carboxylic acids is 1. The Morgan fingerprint density at radius 3 is 2.11 bits per heavy atom. The van der Waals surface area contributed by atoms with Gasteiger partial charge in [0.15, 0.2) is 0 Å². The number of hydrogen-bond acceptors (Lipinski definition) is 5. The minimum atomic E-state index is -1.06. The molecule has 1 unspecified atom stereocenters. The molecule has 0 heterocycles. The first-order chi connectivity index (χ1) is 8.52. The van der Waals surface area contributed by atoms with Gasteiger partial charge in [-0.1, -0.05) is 0 Å². The Labute approximate surface area is 107 Å². The van der Waals surface area contributed by atoms with E-state index in [1.54, 1.807) is 21.1 Å². The van der Waals surface area contributed by atoms with Crippen LogP contribution in [0.5, 0.6) is 0 Å². The van der Waals surface area contributed by atoms with Crippen LogP contribution in [0.15, 0.2) is 0 Å². The normalized spacial score (nSPS) is 12.4. The van der Waals surface area contributed by atoms with Crippen molar-refractivity contribution in [3.63, 3.8) is 0 Å². The summed E-state index contributed by atoms with van der Waals surface area (Å²) in [5.41, 5.74) is 0. The third-order valence-corrected chi connectivity index (χ3v) is 2.51. The summed E-state index contributed by atoms with van der Waals surface area (Å²) in [6, 6.07) is -0.422. The number of carboxylic acid groups (broad SMARTS) is 1. The van der Waals surface area contributed by atoms with Crippen molar-refractivity contribution in [1.29, 1.82) is 0 Å². The molecule has 0 fully saturated rings. The molecule has 1 amide bonds. The monoisotopic (exact) mass is 262 g/mol. The molecular formula is C11H22N2O5. The summed E-state index contributed by atoms with van der Waals surface area (Å²) in [7, 11) is 3.17. The Morgan fingerprint density at radius 2 is 1.72 bits per heavy atom. The van der Waals surface area contributed by atoms with Crippen molar-refractivity contribution in [2.45, 2.75) is 13.0 Å². The molecule has 0 bridgehead atoms. The highest BCUT2D eigenvalue weighted by atomic mass is 16.5. The van der Waals surface area contributed by atoms with Crippen LogP contribution in [0.4, 0.5) is 0 Å². The molecule has 0 radical (unpaired) electrons. The Bertz CT molecular complexity index is 252. The zero-order valence-corrected chi connectivity index (χ0v) is 11.1. The molecule has 0 aliphatic rings. The number of ether oxygens (including phenoxy) is 2. The smallest absolute Gasteiger partial charge is 0.322 e. The highest BCUT2D eigenvalue weighted by molar-refractivity contribution is 5.84. The molecule has 18 heavy (non-hydrogen) atoms. The third-order valence-electron chi connectivity index (χ3n) is 2.51. The van der Waals surface area contributed by atoms with Crippen LogP contribution in [0.2, 0.25) is 0 Å². The van der Waals surface area contributed by atoms with E-state index in [4.69, 9.17) is 14.6 Å². The predicted molar refractivity (Wildman–Crippen MR) is 65.4 cm³/mol. The summed E-state index contributed by atoms with van der Waals surface area (Å²) in [6.45, 7) is 3.53. The molecule has 0 aliphatic heterocycles. The van der Waals surface area contributed by atoms with Crippen LogP contribution >= 0.6 is 0 Å². The number of hydrogen-bond donors (Lipinski definition) is 2. The number of aliphatic carboxylic acids is 1. The molecule has 7 nitrogen and oxygen atoms in total. The zero-order valence-electron chi connectivity index (χ0n) is 11.1. The summed E-state index contributed by atoms with van der Waals surface area (Å²) in [5.74, 6) is -1.37. The van der Waals surface area contributed by atoms with Crippen LogP contribution in [-0.2, 0) is 19.1 Å². The molecule has 106 valence electrons. The SMILES string of the molecule is COCCN(CCOC)C(C)C(=O)NCC(=O)O. The van der Waals surface area contributed by atoms with Crippen molar-refractivity contribution in [2.24, 2.45) is 0 Å². The van der Waals surface area contributed by atoms with Gasteiger partial charge in [0.25, 0.3) is 0 Å². The van der Waals surface area contributed by atoms with Crippen molar-refractivity contribution < 1.29 is 24.2 Å². The summed E-state index contributed by atoms with van der Waals surface area (Å²) in [6.07, 6.45) is 0. The van der Waals surface area contributed by atoms with E-state index in [1.807, 2.05) is 4.90 Å². The van der Waals surface area contributed by atoms with Gasteiger partial charge >= 0.3 is 5.97 Å². The molecule has 0 saturated carbocycles. The molecular weight excluding hydrogens is 240 g/mol. The number of amides is 1. The fraction of sp³-hybridized carbons (Fsp3) is 0.818. The van der Waals surface area contributed by atoms with Crippen molar-refractivity contribution in [3.8, 4) is 0 Å². The second-order valence-electron chi connectivity index (χ2n) is 3.81. The van der Waals surface area contributed by atoms with Gasteiger partial charge in [0, 0.05) is 27.3 Å². The van der Waals surface area contributed by atoms with E-state index in [2.05, 4.69) is 5.32 Å². The van der Waals surface area contributed by atoms with E-state index in [1.165, 1.54) is 0 Å². The van der Waals surface area contributed by atoms with Crippen molar-refractivity contribution in [3.05, 3.63) is 0 Å². The van der Waals surface area contributed by atoms with Crippen LogP contribution in [0.1, 0.15) is 6.92 Å². The second kappa shape index (κ2) is 9.81. The lowest BCUT2D eigenvalue weighted by Gasteiger charge is -2.27. The van der Waals surface area contributed by atoms with Gasteiger partial charge in [0.2, 0.25) is 5.91 Å². The Balaban J connectivity index is 4.27. The molecule has 0 saturated heterocycles. The van der Waals surface area contributed by atoms with Crippen LogP contribution in [-0.4, -0.2) is 75.0 Å². The number of carbonyl (C=O) groups is 2. The maximum absolute atomic E-state index is 11.7. The summed E-state index contributed by atoms with van der Waals surface area (Å²) >= 11 is 0. The lowest BCUT2D eigenvalue weighted by molar-refractivity contribution is -0.138. The zero-order chi connectivity index (χ0) is 14.0. The molecule has 0 rings (SSSR count). The quantitative estimate of drug-likeness (QED) is 0.534. The molecule has 0 aromatic heterocycles. The molecule has 0 spiro atoms. The van der Waals surface area contributed by atoms with Crippen molar-refractivity contribution >= 4 is 11.9 Å². The molecule has 7 heteroatoms. The maximum Gasteiger partial charge on any atom is 0.322 e. The van der Waals surface area contributed by atoms with Gasteiger partial charge in [0.1, 0.15) is 6.54 Å². The topological polar surface area (TPSA) is 88.1 Å². The molecule has 0 aromatic carbocycles. The summed E-state index contributed by atoms with van der Waals surface area (Å²) in [4.78, 5) is 24.0. The summed E-state index contributed by atoms with van der Waals surface area (Å²) in [5, 5.41) is 10.9. The number of carbonyl (C=O) groups excluding carboxylic acids is 1. The highest BCUT2D eigenvalue weighted by Crippen LogP contribution is 1.99. The van der Waals surface area contributed by atoms with Gasteiger partial charge in [-0.2, -0.15) is 0 Å². The largest absolute Gasteiger partial charge is 0.480 e. The first-order valence-corrected chi connectivity index (χ1v) is 5.74. The van der Waals surface area contributed by atoms with Gasteiger partial charge < -0.3 is 19.9 Å². The molecule has 2 N–H and O–H groups in total. The first kappa shape index (κ1) is 16.8. The number of methoxy groups -OCH3 is 2. The van der Waals surface area contributed by atoms with Gasteiger partial charge in [-0.15, -0.1) is 0 Å². The van der Waals surface area contributed by atoms with Gasteiger partial charge in [-0.05, 0) is 6.92 Å². The van der Waals surface area contributed by atoms with Crippen LogP contribution in [0.3, 0.4) is 0 Å². The minimum absolute atomic E-state index is 0.315. The molecule has 1 atom stereocenters. The van der Waals surface area contributed by atoms with E-state index in [-0.39, 0.29) is 12.5 Å². The number of nitrogens with zero attached hydrogens (tertiary/aromatic N) is 1. The number of nitrogens with one attached hydrogen (secondary N) is 1. The van der Waals surface area contributed by atoms with Gasteiger partial charge in [0.05, 0.1) is 19.3 Å². The van der Waals surface area contributed by atoms with Gasteiger partial charge in [-0.3, -0.25) is 14.5 Å². The Kier molecular flexibility index (Phi) is 9.17. The van der Waals surface area contributed by atoms with Crippen molar-refractivity contribution in [2.75, 3.05) is 47.1 Å². The third kappa shape index (κ3) is 7.21. The lowest BCUT2D eigenvalue weighted by Crippen LogP contribution is -2.48. The van der Waals surface area contributed by atoms with E-state index >= 15 is 0 Å². The van der Waals surface area contributed by atoms with E-state index < -0.39 is 12.0 Å². The molecule has 0 aromatic rings. The Hall–Kier alpha value is -1.18. The fourth-order valence-corrected chi connectivity index (χ4v) is 1.39. The van der Waals surface area contributed by atoms with Crippen LogP contribution < -0.4 is 5.32 Å². The number of rotatable bonds is 10. The Morgan fingerprint density at radius 1 is 1.22 bits per heavy atom. The standard InChI is InChI=1S/C11H22N2O5/c1-9(11(16)12-8-10(14)15)13(4-6-17-2)5-7-18-3/h9H,4-8H2,1-3H3,(H,12,16)(H,14,15). The average molecular weight is 262 g/mol. The van der Waals surface area contributed by atoms with E-state index in [0.29, 0.717) is 26.3 Å². The average Bonchev–Trinajstić information content (AvgIpc) is 2.35. The second-order valence-corrected chi connectivity index (χ2v) is 3.81. The van der Waals surface area contributed by atoms with Gasteiger partial charge in [-0.25, -0.2) is 0 Å². The summed E-state index contributed by atoms with van der Waals surface area (Å²) < 4.78 is 9.94. The lowest BCUT2D eigenvalue weighted by atomic mass is 10.2. The van der Waals surface area contributed by atoms with E-state index in [0.717, 1.165) is 0 Å². The highest BCUT2D eigenvalue weighted by Gasteiger charge is 2.20. The predicted octanol–water partition coefficient (Wildman–Crippen LogP) is -0.829. The minimum Gasteiger partial charge on any atom is -0.480 e.